The van der Waals surface area contributed by atoms with Gasteiger partial charge in [-0.1, -0.05) is 63.3 Å². The predicted octanol–water partition coefficient (Wildman–Crippen LogP) is 4.86. The molecule has 0 bridgehead atoms. The molecule has 0 saturated heterocycles. The summed E-state index contributed by atoms with van der Waals surface area (Å²) in [6.07, 6.45) is 18.4. The molecule has 0 saturated carbocycles. The first-order valence-corrected chi connectivity index (χ1v) is 8.38. The highest BCUT2D eigenvalue weighted by Gasteiger charge is 2.00. The molecule has 0 heterocycles. The summed E-state index contributed by atoms with van der Waals surface area (Å²) in [7, 11) is 0. The minimum atomic E-state index is -0.722. The molecule has 0 fully saturated rings. The number of unbranched alkanes of at least 4 members (excludes halogenated alkanes) is 6. The average molecular weight is 296 g/mol. The second kappa shape index (κ2) is 15.3. The molecule has 0 spiro atoms. The first-order valence-electron chi connectivity index (χ1n) is 8.38. The van der Waals surface area contributed by atoms with Crippen LogP contribution in [0.2, 0.25) is 0 Å². The Kier molecular flexibility index (Phi) is 14.5. The predicted molar refractivity (Wildman–Crippen MR) is 88.4 cm³/mol. The Morgan fingerprint density at radius 3 is 2.48 bits per heavy atom. The molecule has 2 N–H and O–H groups in total. The maximum Gasteiger partial charge on any atom is 0.303 e. The number of carbonyl (C=O) groups is 1. The number of aliphatic carboxylic acids is 1. The quantitative estimate of drug-likeness (QED) is 0.355. The number of hydrogen-bond donors (Lipinski definition) is 2. The smallest absolute Gasteiger partial charge is 0.303 e. The van der Waals surface area contributed by atoms with E-state index in [1.807, 2.05) is 12.2 Å². The molecule has 122 valence electrons. The van der Waals surface area contributed by atoms with Gasteiger partial charge in [0.2, 0.25) is 0 Å². The average Bonchev–Trinajstić information content (AvgIpc) is 2.45. The van der Waals surface area contributed by atoms with E-state index in [9.17, 15) is 9.90 Å². The molecule has 3 nitrogen and oxygen atoms in total. The lowest BCUT2D eigenvalue weighted by atomic mass is 10.1. The van der Waals surface area contributed by atoms with Gasteiger partial charge in [-0.15, -0.1) is 0 Å². The molecule has 0 aliphatic carbocycles. The van der Waals surface area contributed by atoms with Gasteiger partial charge in [-0.2, -0.15) is 0 Å². The van der Waals surface area contributed by atoms with Crippen molar-refractivity contribution in [2.45, 2.75) is 83.7 Å². The third-order valence-corrected chi connectivity index (χ3v) is 3.41. The van der Waals surface area contributed by atoms with E-state index in [1.165, 1.54) is 19.3 Å². The zero-order valence-electron chi connectivity index (χ0n) is 13.5. The van der Waals surface area contributed by atoms with Crippen molar-refractivity contribution in [3.8, 4) is 0 Å². The molecule has 0 amide bonds. The molecule has 0 aliphatic heterocycles. The normalized spacial score (nSPS) is 13.2. The van der Waals surface area contributed by atoms with E-state index in [0.29, 0.717) is 0 Å². The van der Waals surface area contributed by atoms with Crippen LogP contribution in [-0.4, -0.2) is 22.3 Å². The van der Waals surface area contributed by atoms with E-state index in [-0.39, 0.29) is 12.5 Å². The molecular weight excluding hydrogens is 264 g/mol. The summed E-state index contributed by atoms with van der Waals surface area (Å²) >= 11 is 0. The van der Waals surface area contributed by atoms with Crippen LogP contribution in [-0.2, 0) is 4.79 Å². The molecule has 0 aromatic carbocycles. The van der Waals surface area contributed by atoms with Gasteiger partial charge < -0.3 is 10.2 Å². The van der Waals surface area contributed by atoms with Crippen molar-refractivity contribution in [2.75, 3.05) is 0 Å². The maximum absolute atomic E-state index is 10.3. The van der Waals surface area contributed by atoms with Crippen molar-refractivity contribution in [3.63, 3.8) is 0 Å². The van der Waals surface area contributed by atoms with Gasteiger partial charge in [0.05, 0.1) is 6.10 Å². The van der Waals surface area contributed by atoms with Crippen molar-refractivity contribution < 1.29 is 15.0 Å². The number of hydrogen-bond acceptors (Lipinski definition) is 2. The fourth-order valence-corrected chi connectivity index (χ4v) is 2.12. The van der Waals surface area contributed by atoms with Crippen molar-refractivity contribution in [1.29, 1.82) is 0 Å². The van der Waals surface area contributed by atoms with Gasteiger partial charge in [0.15, 0.2) is 0 Å². The summed E-state index contributed by atoms with van der Waals surface area (Å²) in [6, 6.07) is 0. The highest BCUT2D eigenvalue weighted by molar-refractivity contribution is 5.66. The SMILES string of the molecule is CCCCC/C=C\C/C=C\[C@@H](O)CCCCCCC(=O)O. The van der Waals surface area contributed by atoms with Crippen LogP contribution in [0.15, 0.2) is 24.3 Å². The lowest BCUT2D eigenvalue weighted by Gasteiger charge is -2.04. The fraction of sp³-hybridized carbons (Fsp3) is 0.722. The standard InChI is InChI=1S/C18H32O3/c1-2-3-4-5-6-7-8-11-14-17(19)15-12-9-10-13-16-18(20)21/h6-7,11,14,17,19H,2-5,8-10,12-13,15-16H2,1H3,(H,20,21)/b7-6-,14-11-/t17-/m1/s1. The van der Waals surface area contributed by atoms with Crippen LogP contribution in [0.25, 0.3) is 0 Å². The third kappa shape index (κ3) is 16.9. The van der Waals surface area contributed by atoms with Gasteiger partial charge in [0.25, 0.3) is 0 Å². The lowest BCUT2D eigenvalue weighted by molar-refractivity contribution is -0.137. The molecule has 0 aromatic heterocycles. The van der Waals surface area contributed by atoms with Gasteiger partial charge in [0.1, 0.15) is 0 Å². The molecule has 0 aromatic rings. The second-order valence-corrected chi connectivity index (χ2v) is 5.55. The zero-order valence-corrected chi connectivity index (χ0v) is 13.5. The van der Waals surface area contributed by atoms with Gasteiger partial charge in [-0.3, -0.25) is 4.79 Å². The Morgan fingerprint density at radius 2 is 1.76 bits per heavy atom. The van der Waals surface area contributed by atoms with Crippen LogP contribution in [0.1, 0.15) is 77.6 Å². The van der Waals surface area contributed by atoms with E-state index in [2.05, 4.69) is 19.1 Å². The molecule has 0 aliphatic rings. The molecule has 0 unspecified atom stereocenters. The second-order valence-electron chi connectivity index (χ2n) is 5.55. The Bertz CT molecular complexity index is 295. The monoisotopic (exact) mass is 296 g/mol. The van der Waals surface area contributed by atoms with Crippen molar-refractivity contribution in [3.05, 3.63) is 24.3 Å². The Morgan fingerprint density at radius 1 is 1.00 bits per heavy atom. The number of carboxylic acid groups (broad SMARTS) is 1. The van der Waals surface area contributed by atoms with E-state index < -0.39 is 5.97 Å². The first-order chi connectivity index (χ1) is 10.2. The highest BCUT2D eigenvalue weighted by atomic mass is 16.4. The molecular formula is C18H32O3. The summed E-state index contributed by atoms with van der Waals surface area (Å²) in [4.78, 5) is 10.3. The Hall–Kier alpha value is -1.09. The third-order valence-electron chi connectivity index (χ3n) is 3.41. The number of carboxylic acids is 1. The molecule has 3 heteroatoms. The van der Waals surface area contributed by atoms with Crippen molar-refractivity contribution >= 4 is 5.97 Å². The van der Waals surface area contributed by atoms with Crippen LogP contribution >= 0.6 is 0 Å². The molecule has 0 rings (SSSR count). The van der Waals surface area contributed by atoms with Crippen LogP contribution in [0.4, 0.5) is 0 Å². The summed E-state index contributed by atoms with van der Waals surface area (Å²) in [5.41, 5.74) is 0. The number of rotatable bonds is 14. The Labute approximate surface area is 129 Å². The number of allylic oxidation sites excluding steroid dienone is 3. The largest absolute Gasteiger partial charge is 0.481 e. The van der Waals surface area contributed by atoms with Crippen molar-refractivity contribution in [1.82, 2.24) is 0 Å². The minimum Gasteiger partial charge on any atom is -0.481 e. The summed E-state index contributed by atoms with van der Waals surface area (Å²) in [6.45, 7) is 2.21. The summed E-state index contributed by atoms with van der Waals surface area (Å²) in [5, 5.41) is 18.3. The minimum absolute atomic E-state index is 0.257. The van der Waals surface area contributed by atoms with E-state index in [0.717, 1.165) is 44.9 Å². The van der Waals surface area contributed by atoms with Gasteiger partial charge in [-0.25, -0.2) is 0 Å². The van der Waals surface area contributed by atoms with Crippen LogP contribution in [0, 0.1) is 0 Å². The van der Waals surface area contributed by atoms with E-state index in [1.54, 1.807) is 0 Å². The summed E-state index contributed by atoms with van der Waals surface area (Å²) < 4.78 is 0. The number of aliphatic hydroxyl groups is 1. The van der Waals surface area contributed by atoms with Gasteiger partial charge in [0, 0.05) is 6.42 Å². The molecule has 1 atom stereocenters. The number of aliphatic hydroxyl groups excluding tert-OH is 1. The highest BCUT2D eigenvalue weighted by Crippen LogP contribution is 2.08. The first kappa shape index (κ1) is 19.9. The van der Waals surface area contributed by atoms with Crippen LogP contribution in [0.3, 0.4) is 0 Å². The van der Waals surface area contributed by atoms with Crippen LogP contribution < -0.4 is 0 Å². The zero-order chi connectivity index (χ0) is 15.8. The van der Waals surface area contributed by atoms with E-state index in [4.69, 9.17) is 5.11 Å². The molecule has 21 heavy (non-hydrogen) atoms. The Balaban J connectivity index is 3.41. The van der Waals surface area contributed by atoms with E-state index >= 15 is 0 Å². The van der Waals surface area contributed by atoms with Gasteiger partial charge >= 0.3 is 5.97 Å². The fourth-order valence-electron chi connectivity index (χ4n) is 2.12. The van der Waals surface area contributed by atoms with Crippen LogP contribution in [0.5, 0.6) is 0 Å². The van der Waals surface area contributed by atoms with Crippen molar-refractivity contribution in [2.24, 2.45) is 0 Å². The topological polar surface area (TPSA) is 57.5 Å². The maximum atomic E-state index is 10.3. The lowest BCUT2D eigenvalue weighted by Crippen LogP contribution is -2.01. The molecule has 0 radical (unpaired) electrons. The van der Waals surface area contributed by atoms with Gasteiger partial charge in [-0.05, 0) is 32.1 Å². The summed E-state index contributed by atoms with van der Waals surface area (Å²) in [5.74, 6) is -0.722.